The van der Waals surface area contributed by atoms with Gasteiger partial charge in [-0.05, 0) is 42.8 Å². The normalized spacial score (nSPS) is 12.1. The third-order valence-corrected chi connectivity index (χ3v) is 6.37. The number of rotatable bonds is 13. The number of nitrogens with zero attached hydrogens (tertiary/aromatic N) is 2. The van der Waals surface area contributed by atoms with Crippen molar-refractivity contribution in [2.75, 3.05) is 6.61 Å². The second kappa shape index (κ2) is 12.2. The molecule has 0 aliphatic carbocycles. The topological polar surface area (TPSA) is 78.4 Å². The van der Waals surface area contributed by atoms with Crippen LogP contribution in [0.15, 0.2) is 48.5 Å². The molecule has 0 aliphatic rings. The summed E-state index contributed by atoms with van der Waals surface area (Å²) >= 11 is 0. The van der Waals surface area contributed by atoms with Crippen molar-refractivity contribution in [2.45, 2.75) is 63.8 Å². The quantitative estimate of drug-likeness (QED) is 0.139. The fourth-order valence-electron chi connectivity index (χ4n) is 3.52. The minimum absolute atomic E-state index is 0.309. The van der Waals surface area contributed by atoms with E-state index in [1.807, 2.05) is 18.2 Å². The van der Waals surface area contributed by atoms with Gasteiger partial charge in [0.2, 0.25) is 5.88 Å². The van der Waals surface area contributed by atoms with Crippen molar-refractivity contribution in [1.29, 1.82) is 0 Å². The van der Waals surface area contributed by atoms with Gasteiger partial charge in [-0.3, -0.25) is 0 Å². The van der Waals surface area contributed by atoms with E-state index >= 15 is 0 Å². The number of fused-ring (bicyclic) bond motifs is 1. The van der Waals surface area contributed by atoms with Crippen LogP contribution in [0.4, 0.5) is 13.2 Å². The molecule has 0 unspecified atom stereocenters. The summed E-state index contributed by atoms with van der Waals surface area (Å²) in [6, 6.07) is 12.4. The molecule has 0 bridgehead atoms. The molecule has 1 heterocycles. The average Bonchev–Trinajstić information content (AvgIpc) is 2.82. The van der Waals surface area contributed by atoms with E-state index in [1.165, 1.54) is 44.2 Å². The molecule has 0 amide bonds. The molecule has 0 fully saturated rings. The van der Waals surface area contributed by atoms with Crippen molar-refractivity contribution in [3.8, 4) is 22.9 Å². The predicted molar refractivity (Wildman–Crippen MR) is 129 cm³/mol. The largest absolute Gasteiger partial charge is 0.534 e. The van der Waals surface area contributed by atoms with Crippen LogP contribution >= 0.6 is 0 Å². The van der Waals surface area contributed by atoms with Crippen LogP contribution in [0.1, 0.15) is 58.3 Å². The van der Waals surface area contributed by atoms with Crippen LogP contribution in [0.5, 0.6) is 11.6 Å². The van der Waals surface area contributed by atoms with E-state index < -0.39 is 21.4 Å². The highest BCUT2D eigenvalue weighted by Crippen LogP contribution is 2.32. The molecule has 0 spiro atoms. The molecule has 3 aromatic rings. The second-order valence-electron chi connectivity index (χ2n) is 8.20. The lowest BCUT2D eigenvalue weighted by molar-refractivity contribution is -0.0500. The van der Waals surface area contributed by atoms with Crippen molar-refractivity contribution in [2.24, 2.45) is 0 Å². The zero-order chi connectivity index (χ0) is 25.3. The number of halogens is 3. The van der Waals surface area contributed by atoms with E-state index in [2.05, 4.69) is 21.1 Å². The van der Waals surface area contributed by atoms with Gasteiger partial charge in [0.1, 0.15) is 11.4 Å². The fraction of sp³-hybridized carbons (Fsp3) is 0.440. The van der Waals surface area contributed by atoms with Crippen molar-refractivity contribution in [3.05, 3.63) is 48.5 Å². The lowest BCUT2D eigenvalue weighted by Crippen LogP contribution is -2.28. The van der Waals surface area contributed by atoms with Crippen LogP contribution in [-0.2, 0) is 10.1 Å². The Morgan fingerprint density at radius 3 is 1.97 bits per heavy atom. The van der Waals surface area contributed by atoms with E-state index in [1.54, 1.807) is 6.07 Å². The molecule has 0 aliphatic heterocycles. The standard InChI is InChI=1S/C25H29F3N2O4S/c1-2-3-4-5-6-7-8-11-18-33-24-23(29-21-12-9-10-13-22(21)30-24)19-14-16-20(17-15-19)34-35(31,32)25(26,27)28/h9-10,12-17H,2-8,11,18H2,1H3. The van der Waals surface area contributed by atoms with Gasteiger partial charge in [0.15, 0.2) is 0 Å². The number of alkyl halides is 3. The maximum absolute atomic E-state index is 12.6. The van der Waals surface area contributed by atoms with Gasteiger partial charge in [-0.25, -0.2) is 9.97 Å². The molecule has 3 rings (SSSR count). The van der Waals surface area contributed by atoms with Crippen molar-refractivity contribution >= 4 is 21.2 Å². The number of ether oxygens (including phenoxy) is 1. The first-order valence-corrected chi connectivity index (χ1v) is 13.1. The summed E-state index contributed by atoms with van der Waals surface area (Å²) in [4.78, 5) is 9.19. The number of para-hydroxylation sites is 2. The Morgan fingerprint density at radius 1 is 0.800 bits per heavy atom. The molecule has 0 N–H and O–H groups in total. The van der Waals surface area contributed by atoms with Gasteiger partial charge in [-0.15, -0.1) is 0 Å². The molecule has 0 atom stereocenters. The number of aromatic nitrogens is 2. The van der Waals surface area contributed by atoms with E-state index in [-0.39, 0.29) is 0 Å². The first-order chi connectivity index (χ1) is 16.7. The summed E-state index contributed by atoms with van der Waals surface area (Å²) in [5.41, 5.74) is -3.31. The summed E-state index contributed by atoms with van der Waals surface area (Å²) in [7, 11) is -5.74. The molecule has 2 aromatic carbocycles. The molecule has 190 valence electrons. The van der Waals surface area contributed by atoms with E-state index in [0.717, 1.165) is 31.4 Å². The number of hydrogen-bond acceptors (Lipinski definition) is 6. The first kappa shape index (κ1) is 26.7. The van der Waals surface area contributed by atoms with E-state index in [4.69, 9.17) is 4.74 Å². The predicted octanol–water partition coefficient (Wildman–Crippen LogP) is 7.04. The number of unbranched alkanes of at least 4 members (excludes halogenated alkanes) is 7. The number of benzene rings is 2. The van der Waals surface area contributed by atoms with Crippen molar-refractivity contribution in [1.82, 2.24) is 9.97 Å². The molecule has 35 heavy (non-hydrogen) atoms. The van der Waals surface area contributed by atoms with Crippen LogP contribution in [0.25, 0.3) is 22.3 Å². The monoisotopic (exact) mass is 510 g/mol. The molecular formula is C25H29F3N2O4S. The van der Waals surface area contributed by atoms with Gasteiger partial charge in [0.25, 0.3) is 0 Å². The van der Waals surface area contributed by atoms with Crippen molar-refractivity contribution < 1.29 is 30.5 Å². The van der Waals surface area contributed by atoms with Gasteiger partial charge < -0.3 is 8.92 Å². The minimum atomic E-state index is -5.74. The van der Waals surface area contributed by atoms with Crippen LogP contribution in [0.2, 0.25) is 0 Å². The molecule has 0 saturated carbocycles. The Kier molecular flexibility index (Phi) is 9.31. The summed E-state index contributed by atoms with van der Waals surface area (Å²) in [5.74, 6) is -0.149. The van der Waals surface area contributed by atoms with Gasteiger partial charge in [-0.1, -0.05) is 64.0 Å². The Morgan fingerprint density at radius 2 is 1.37 bits per heavy atom. The SMILES string of the molecule is CCCCCCCCCCOc1nc2ccccc2nc1-c1ccc(OS(=O)(=O)C(F)(F)F)cc1. The van der Waals surface area contributed by atoms with Gasteiger partial charge in [-0.2, -0.15) is 21.6 Å². The highest BCUT2D eigenvalue weighted by molar-refractivity contribution is 7.88. The summed E-state index contributed by atoms with van der Waals surface area (Å²) in [6.45, 7) is 2.65. The summed E-state index contributed by atoms with van der Waals surface area (Å²) < 4.78 is 70.4. The third-order valence-electron chi connectivity index (χ3n) is 5.39. The van der Waals surface area contributed by atoms with Crippen LogP contribution in [0, 0.1) is 0 Å². The smallest absolute Gasteiger partial charge is 0.476 e. The maximum atomic E-state index is 12.6. The molecular weight excluding hydrogens is 481 g/mol. The van der Waals surface area contributed by atoms with Gasteiger partial charge >= 0.3 is 15.6 Å². The van der Waals surface area contributed by atoms with Gasteiger partial charge in [0, 0.05) is 5.56 Å². The highest BCUT2D eigenvalue weighted by atomic mass is 32.2. The lowest BCUT2D eigenvalue weighted by atomic mass is 10.1. The Hall–Kier alpha value is -2.88. The van der Waals surface area contributed by atoms with Crippen LogP contribution in [0.3, 0.4) is 0 Å². The average molecular weight is 511 g/mol. The Balaban J connectivity index is 1.71. The van der Waals surface area contributed by atoms with E-state index in [0.29, 0.717) is 34.8 Å². The molecule has 10 heteroatoms. The molecule has 0 saturated heterocycles. The summed E-state index contributed by atoms with van der Waals surface area (Å²) in [6.07, 6.45) is 9.29. The second-order valence-corrected chi connectivity index (χ2v) is 9.73. The van der Waals surface area contributed by atoms with E-state index in [9.17, 15) is 21.6 Å². The lowest BCUT2D eigenvalue weighted by Gasteiger charge is -2.12. The minimum Gasteiger partial charge on any atom is -0.476 e. The van der Waals surface area contributed by atoms with Crippen LogP contribution < -0.4 is 8.92 Å². The maximum Gasteiger partial charge on any atom is 0.534 e. The summed E-state index contributed by atoms with van der Waals surface area (Å²) in [5, 5.41) is 0. The zero-order valence-electron chi connectivity index (χ0n) is 19.6. The highest BCUT2D eigenvalue weighted by Gasteiger charge is 2.48. The Bertz CT molecular complexity index is 1200. The van der Waals surface area contributed by atoms with Crippen LogP contribution in [-0.4, -0.2) is 30.5 Å². The number of hydrogen-bond donors (Lipinski definition) is 0. The molecule has 0 radical (unpaired) electrons. The molecule has 6 nitrogen and oxygen atoms in total. The Labute approximate surface area is 203 Å². The van der Waals surface area contributed by atoms with Crippen molar-refractivity contribution in [3.63, 3.8) is 0 Å². The first-order valence-electron chi connectivity index (χ1n) is 11.7. The zero-order valence-corrected chi connectivity index (χ0v) is 20.4. The van der Waals surface area contributed by atoms with Gasteiger partial charge in [0.05, 0.1) is 17.6 Å². The third kappa shape index (κ3) is 7.55. The molecule has 1 aromatic heterocycles. The fourth-order valence-corrected chi connectivity index (χ4v) is 3.98.